The Morgan fingerprint density at radius 1 is 1.00 bits per heavy atom. The van der Waals surface area contributed by atoms with Crippen LogP contribution in [-0.2, 0) is 0 Å². The average Bonchev–Trinajstić information content (AvgIpc) is 3.24. The predicted molar refractivity (Wildman–Crippen MR) is 93.8 cm³/mol. The summed E-state index contributed by atoms with van der Waals surface area (Å²) in [6.45, 7) is 3.56. The number of hydrogen-bond donors (Lipinski definition) is 1. The highest BCUT2D eigenvalue weighted by Crippen LogP contribution is 2.28. The SMILES string of the molecule is OCC1CCCN1CC1CCCN1c1ccc2ccccc2n1. The molecule has 1 aromatic carbocycles. The number of anilines is 1. The molecule has 2 aliphatic heterocycles. The smallest absolute Gasteiger partial charge is 0.129 e. The van der Waals surface area contributed by atoms with Crippen LogP contribution in [0.5, 0.6) is 0 Å². The van der Waals surface area contributed by atoms with Gasteiger partial charge in [-0.05, 0) is 50.4 Å². The fourth-order valence-corrected chi connectivity index (χ4v) is 4.16. The molecule has 122 valence electrons. The van der Waals surface area contributed by atoms with Crippen molar-refractivity contribution in [1.82, 2.24) is 9.88 Å². The number of pyridine rings is 1. The van der Waals surface area contributed by atoms with Crippen molar-refractivity contribution in [2.45, 2.75) is 37.8 Å². The van der Waals surface area contributed by atoms with E-state index in [9.17, 15) is 5.11 Å². The van der Waals surface area contributed by atoms with E-state index < -0.39 is 0 Å². The number of benzene rings is 1. The van der Waals surface area contributed by atoms with Crippen LogP contribution in [0.25, 0.3) is 10.9 Å². The van der Waals surface area contributed by atoms with Crippen LogP contribution in [0.15, 0.2) is 36.4 Å². The van der Waals surface area contributed by atoms with E-state index in [1.165, 1.54) is 24.6 Å². The van der Waals surface area contributed by atoms with Crippen LogP contribution in [-0.4, -0.2) is 53.3 Å². The number of aliphatic hydroxyl groups excluding tert-OH is 1. The number of aliphatic hydroxyl groups is 1. The largest absolute Gasteiger partial charge is 0.395 e. The van der Waals surface area contributed by atoms with Gasteiger partial charge in [0.25, 0.3) is 0 Å². The molecule has 0 saturated carbocycles. The molecule has 0 spiro atoms. The summed E-state index contributed by atoms with van der Waals surface area (Å²) in [5.74, 6) is 1.10. The van der Waals surface area contributed by atoms with Gasteiger partial charge in [-0.15, -0.1) is 0 Å². The summed E-state index contributed by atoms with van der Waals surface area (Å²) in [6, 6.07) is 13.5. The molecule has 2 aromatic rings. The Balaban J connectivity index is 1.54. The molecule has 0 aliphatic carbocycles. The van der Waals surface area contributed by atoms with Crippen LogP contribution in [0.1, 0.15) is 25.7 Å². The molecule has 1 N–H and O–H groups in total. The summed E-state index contributed by atoms with van der Waals surface area (Å²) in [5, 5.41) is 10.7. The number of likely N-dealkylation sites (tertiary alicyclic amines) is 1. The first-order valence-corrected chi connectivity index (χ1v) is 8.82. The molecule has 4 rings (SSSR count). The van der Waals surface area contributed by atoms with Gasteiger partial charge in [-0.25, -0.2) is 4.98 Å². The Morgan fingerprint density at radius 3 is 2.74 bits per heavy atom. The van der Waals surface area contributed by atoms with Gasteiger partial charge in [-0.3, -0.25) is 4.90 Å². The predicted octanol–water partition coefficient (Wildman–Crippen LogP) is 2.66. The van der Waals surface area contributed by atoms with Crippen molar-refractivity contribution in [3.63, 3.8) is 0 Å². The quantitative estimate of drug-likeness (QED) is 0.942. The van der Waals surface area contributed by atoms with Crippen LogP contribution in [0.3, 0.4) is 0 Å². The molecule has 0 bridgehead atoms. The van der Waals surface area contributed by atoms with Crippen molar-refractivity contribution in [3.05, 3.63) is 36.4 Å². The molecule has 4 nitrogen and oxygen atoms in total. The number of para-hydroxylation sites is 1. The maximum atomic E-state index is 9.54. The molecule has 2 saturated heterocycles. The fraction of sp³-hybridized carbons (Fsp3) is 0.526. The minimum Gasteiger partial charge on any atom is -0.395 e. The van der Waals surface area contributed by atoms with Gasteiger partial charge >= 0.3 is 0 Å². The lowest BCUT2D eigenvalue weighted by Crippen LogP contribution is -2.43. The summed E-state index contributed by atoms with van der Waals surface area (Å²) in [4.78, 5) is 9.83. The zero-order chi connectivity index (χ0) is 15.6. The highest BCUT2D eigenvalue weighted by Gasteiger charge is 2.31. The molecular formula is C19H25N3O. The van der Waals surface area contributed by atoms with Gasteiger partial charge in [0.2, 0.25) is 0 Å². The lowest BCUT2D eigenvalue weighted by molar-refractivity contribution is 0.153. The van der Waals surface area contributed by atoms with Gasteiger partial charge in [0, 0.05) is 30.6 Å². The fourth-order valence-electron chi connectivity index (χ4n) is 4.16. The van der Waals surface area contributed by atoms with E-state index in [2.05, 4.69) is 46.2 Å². The second-order valence-corrected chi connectivity index (χ2v) is 6.83. The third-order valence-corrected chi connectivity index (χ3v) is 5.41. The second-order valence-electron chi connectivity index (χ2n) is 6.83. The van der Waals surface area contributed by atoms with Crippen molar-refractivity contribution in [1.29, 1.82) is 0 Å². The zero-order valence-corrected chi connectivity index (χ0v) is 13.6. The van der Waals surface area contributed by atoms with E-state index in [-0.39, 0.29) is 0 Å². The number of fused-ring (bicyclic) bond motifs is 1. The summed E-state index contributed by atoms with van der Waals surface area (Å²) >= 11 is 0. The van der Waals surface area contributed by atoms with Crippen LogP contribution < -0.4 is 4.90 Å². The normalized spacial score (nSPS) is 25.5. The van der Waals surface area contributed by atoms with Crippen molar-refractivity contribution < 1.29 is 5.11 Å². The van der Waals surface area contributed by atoms with Crippen molar-refractivity contribution in [2.75, 3.05) is 31.1 Å². The molecule has 23 heavy (non-hydrogen) atoms. The average molecular weight is 311 g/mol. The lowest BCUT2D eigenvalue weighted by atomic mass is 10.1. The standard InChI is InChI=1S/C19H25N3O/c23-14-17-7-3-11-21(17)13-16-6-4-12-22(16)19-10-9-15-5-1-2-8-18(15)20-19/h1-2,5,8-10,16-17,23H,3-4,6-7,11-14H2. The van der Waals surface area contributed by atoms with Gasteiger partial charge in [0.05, 0.1) is 12.1 Å². The second kappa shape index (κ2) is 6.46. The Bertz CT molecular complexity index is 674. The Labute approximate surface area is 137 Å². The first-order chi connectivity index (χ1) is 11.3. The molecule has 0 amide bonds. The van der Waals surface area contributed by atoms with E-state index in [1.54, 1.807) is 0 Å². The van der Waals surface area contributed by atoms with Crippen LogP contribution in [0.2, 0.25) is 0 Å². The summed E-state index contributed by atoms with van der Waals surface area (Å²) < 4.78 is 0. The Kier molecular flexibility index (Phi) is 4.19. The Morgan fingerprint density at radius 2 is 1.83 bits per heavy atom. The lowest BCUT2D eigenvalue weighted by Gasteiger charge is -2.32. The topological polar surface area (TPSA) is 39.6 Å². The molecule has 2 fully saturated rings. The van der Waals surface area contributed by atoms with E-state index in [4.69, 9.17) is 4.98 Å². The zero-order valence-electron chi connectivity index (χ0n) is 13.6. The minimum absolute atomic E-state index is 0.293. The number of hydrogen-bond acceptors (Lipinski definition) is 4. The van der Waals surface area contributed by atoms with E-state index >= 15 is 0 Å². The summed E-state index contributed by atoms with van der Waals surface area (Å²) in [5.41, 5.74) is 1.07. The first kappa shape index (κ1) is 14.9. The third-order valence-electron chi connectivity index (χ3n) is 5.41. The highest BCUT2D eigenvalue weighted by atomic mass is 16.3. The summed E-state index contributed by atoms with van der Waals surface area (Å²) in [6.07, 6.45) is 4.81. The number of aromatic nitrogens is 1. The van der Waals surface area contributed by atoms with E-state index in [1.807, 2.05) is 0 Å². The Hall–Kier alpha value is -1.65. The van der Waals surface area contributed by atoms with Crippen molar-refractivity contribution in [2.24, 2.45) is 0 Å². The van der Waals surface area contributed by atoms with E-state index in [0.717, 1.165) is 37.4 Å². The molecule has 2 unspecified atom stereocenters. The van der Waals surface area contributed by atoms with Gasteiger partial charge in [-0.1, -0.05) is 18.2 Å². The number of nitrogens with zero attached hydrogens (tertiary/aromatic N) is 3. The molecule has 2 aliphatic rings. The molecule has 1 aromatic heterocycles. The summed E-state index contributed by atoms with van der Waals surface area (Å²) in [7, 11) is 0. The molecule has 0 radical (unpaired) electrons. The van der Waals surface area contributed by atoms with E-state index in [0.29, 0.717) is 18.7 Å². The first-order valence-electron chi connectivity index (χ1n) is 8.82. The van der Waals surface area contributed by atoms with Gasteiger partial charge < -0.3 is 10.0 Å². The molecule has 4 heteroatoms. The minimum atomic E-state index is 0.293. The monoisotopic (exact) mass is 311 g/mol. The maximum Gasteiger partial charge on any atom is 0.129 e. The maximum absolute atomic E-state index is 9.54. The van der Waals surface area contributed by atoms with Crippen LogP contribution >= 0.6 is 0 Å². The molecule has 2 atom stereocenters. The van der Waals surface area contributed by atoms with Crippen molar-refractivity contribution in [3.8, 4) is 0 Å². The van der Waals surface area contributed by atoms with Crippen LogP contribution in [0, 0.1) is 0 Å². The van der Waals surface area contributed by atoms with Gasteiger partial charge in [-0.2, -0.15) is 0 Å². The van der Waals surface area contributed by atoms with Crippen LogP contribution in [0.4, 0.5) is 5.82 Å². The molecule has 3 heterocycles. The van der Waals surface area contributed by atoms with Gasteiger partial charge in [0.15, 0.2) is 0 Å². The van der Waals surface area contributed by atoms with Crippen molar-refractivity contribution >= 4 is 16.7 Å². The number of rotatable bonds is 4. The molecular weight excluding hydrogens is 286 g/mol. The third kappa shape index (κ3) is 2.93. The highest BCUT2D eigenvalue weighted by molar-refractivity contribution is 5.80. The van der Waals surface area contributed by atoms with Gasteiger partial charge in [0.1, 0.15) is 5.82 Å².